The van der Waals surface area contributed by atoms with Crippen LogP contribution < -0.4 is 0 Å². The van der Waals surface area contributed by atoms with Crippen molar-refractivity contribution < 1.29 is 26.7 Å². The normalized spacial score (nSPS) is 16.4. The van der Waals surface area contributed by atoms with Crippen LogP contribution >= 0.6 is 0 Å². The molecule has 0 atom stereocenters. The first-order chi connectivity index (χ1) is 11.0. The molecular weight excluding hydrogens is 331 g/mol. The Bertz CT molecular complexity index is 856. The highest BCUT2D eigenvalue weighted by Crippen LogP contribution is 2.37. The lowest BCUT2D eigenvalue weighted by atomic mass is 9.76. The molecule has 0 spiro atoms. The molecular formula is C16H13F5N2O. The number of hydrogen-bond donors (Lipinski definition) is 0. The van der Waals surface area contributed by atoms with Crippen molar-refractivity contribution in [3.8, 4) is 5.69 Å². The summed E-state index contributed by atoms with van der Waals surface area (Å²) in [5, 5.41) is 3.96. The average molecular weight is 344 g/mol. The molecule has 0 aliphatic heterocycles. The largest absolute Gasteiger partial charge is 0.294 e. The van der Waals surface area contributed by atoms with E-state index < -0.39 is 40.2 Å². The van der Waals surface area contributed by atoms with Crippen molar-refractivity contribution in [2.24, 2.45) is 5.41 Å². The molecule has 0 saturated heterocycles. The highest BCUT2D eigenvalue weighted by atomic mass is 19.2. The van der Waals surface area contributed by atoms with Crippen molar-refractivity contribution in [3.63, 3.8) is 0 Å². The fraction of sp³-hybridized carbons (Fsp3) is 0.375. The van der Waals surface area contributed by atoms with Gasteiger partial charge in [-0.25, -0.2) is 26.6 Å². The van der Waals surface area contributed by atoms with Crippen LogP contribution in [-0.4, -0.2) is 15.6 Å². The average Bonchev–Trinajstić information content (AvgIpc) is 2.79. The Balaban J connectivity index is 2.30. The van der Waals surface area contributed by atoms with Gasteiger partial charge in [-0.15, -0.1) is 0 Å². The Morgan fingerprint density at radius 1 is 0.917 bits per heavy atom. The van der Waals surface area contributed by atoms with E-state index in [1.807, 2.05) is 13.8 Å². The maximum atomic E-state index is 14.0. The second-order valence-electron chi connectivity index (χ2n) is 6.68. The van der Waals surface area contributed by atoms with Gasteiger partial charge in [-0.1, -0.05) is 13.8 Å². The monoisotopic (exact) mass is 344 g/mol. The standard InChI is InChI=1S/C16H13F5N2O/c1-6-9-7(4-16(2,3)5-8(9)24)22-23(6)15-13(20)11(18)10(17)12(19)14(15)21/h4-5H2,1-3H3. The van der Waals surface area contributed by atoms with Gasteiger partial charge in [-0.2, -0.15) is 5.10 Å². The molecule has 1 heterocycles. The molecule has 128 valence electrons. The number of hydrogen-bond acceptors (Lipinski definition) is 2. The van der Waals surface area contributed by atoms with Gasteiger partial charge in [0.05, 0.1) is 17.0 Å². The molecule has 0 bridgehead atoms. The minimum atomic E-state index is -2.24. The van der Waals surface area contributed by atoms with Crippen molar-refractivity contribution in [1.29, 1.82) is 0 Å². The quantitative estimate of drug-likeness (QED) is 0.445. The smallest absolute Gasteiger partial charge is 0.200 e. The summed E-state index contributed by atoms with van der Waals surface area (Å²) in [5.41, 5.74) is -1.06. The van der Waals surface area contributed by atoms with Gasteiger partial charge in [0.2, 0.25) is 5.82 Å². The van der Waals surface area contributed by atoms with E-state index in [-0.39, 0.29) is 29.2 Å². The van der Waals surface area contributed by atoms with Crippen molar-refractivity contribution in [2.45, 2.75) is 33.6 Å². The van der Waals surface area contributed by atoms with Crippen LogP contribution in [0.3, 0.4) is 0 Å². The number of halogens is 5. The van der Waals surface area contributed by atoms with Gasteiger partial charge in [0.15, 0.2) is 29.1 Å². The van der Waals surface area contributed by atoms with Gasteiger partial charge < -0.3 is 0 Å². The van der Waals surface area contributed by atoms with Gasteiger partial charge in [-0.05, 0) is 18.8 Å². The van der Waals surface area contributed by atoms with Crippen molar-refractivity contribution in [2.75, 3.05) is 0 Å². The van der Waals surface area contributed by atoms with E-state index in [1.54, 1.807) is 0 Å². The molecule has 3 nitrogen and oxygen atoms in total. The number of benzene rings is 1. The SMILES string of the molecule is Cc1c2c(nn1-c1c(F)c(F)c(F)c(F)c1F)CC(C)(C)CC2=O. The molecule has 0 unspecified atom stereocenters. The highest BCUT2D eigenvalue weighted by molar-refractivity contribution is 5.99. The van der Waals surface area contributed by atoms with E-state index in [0.717, 1.165) is 0 Å². The molecule has 3 rings (SSSR count). The highest BCUT2D eigenvalue weighted by Gasteiger charge is 2.37. The zero-order chi connectivity index (χ0) is 18.0. The topological polar surface area (TPSA) is 34.9 Å². The summed E-state index contributed by atoms with van der Waals surface area (Å²) in [6, 6.07) is 0. The maximum absolute atomic E-state index is 14.0. The third-order valence-electron chi connectivity index (χ3n) is 4.15. The summed E-state index contributed by atoms with van der Waals surface area (Å²) in [4.78, 5) is 12.3. The third kappa shape index (κ3) is 2.23. The van der Waals surface area contributed by atoms with Crippen LogP contribution in [0.4, 0.5) is 22.0 Å². The van der Waals surface area contributed by atoms with Gasteiger partial charge >= 0.3 is 0 Å². The van der Waals surface area contributed by atoms with E-state index in [0.29, 0.717) is 11.1 Å². The number of Topliss-reactive ketones (excluding diaryl/α,β-unsaturated/α-hetero) is 1. The molecule has 24 heavy (non-hydrogen) atoms. The molecule has 2 aromatic rings. The Morgan fingerprint density at radius 2 is 1.42 bits per heavy atom. The summed E-state index contributed by atoms with van der Waals surface area (Å²) < 4.78 is 68.7. The zero-order valence-corrected chi connectivity index (χ0v) is 13.1. The molecule has 1 aliphatic rings. The maximum Gasteiger partial charge on any atom is 0.200 e. The lowest BCUT2D eigenvalue weighted by Gasteiger charge is -2.27. The van der Waals surface area contributed by atoms with Crippen LogP contribution in [0.2, 0.25) is 0 Å². The molecule has 1 aliphatic carbocycles. The Labute approximate surface area is 134 Å². The summed E-state index contributed by atoms with van der Waals surface area (Å²) in [6.45, 7) is 5.03. The Morgan fingerprint density at radius 3 is 1.96 bits per heavy atom. The summed E-state index contributed by atoms with van der Waals surface area (Å²) in [7, 11) is 0. The van der Waals surface area contributed by atoms with Gasteiger partial charge in [0.1, 0.15) is 5.69 Å². The molecule has 8 heteroatoms. The minimum absolute atomic E-state index is 0.0497. The fourth-order valence-electron chi connectivity index (χ4n) is 3.08. The van der Waals surface area contributed by atoms with E-state index in [9.17, 15) is 26.7 Å². The first-order valence-electron chi connectivity index (χ1n) is 7.18. The molecule has 0 saturated carbocycles. The Hall–Kier alpha value is -2.25. The first-order valence-corrected chi connectivity index (χ1v) is 7.18. The number of carbonyl (C=O) groups is 1. The van der Waals surface area contributed by atoms with Crippen LogP contribution in [0, 0.1) is 41.4 Å². The van der Waals surface area contributed by atoms with E-state index >= 15 is 0 Å². The van der Waals surface area contributed by atoms with Gasteiger partial charge in [-0.3, -0.25) is 4.79 Å². The molecule has 0 radical (unpaired) electrons. The number of nitrogens with zero attached hydrogens (tertiary/aromatic N) is 2. The lowest BCUT2D eigenvalue weighted by molar-refractivity contribution is 0.0911. The van der Waals surface area contributed by atoms with Gasteiger partial charge in [0.25, 0.3) is 0 Å². The second-order valence-corrected chi connectivity index (χ2v) is 6.68. The molecule has 0 fully saturated rings. The third-order valence-corrected chi connectivity index (χ3v) is 4.15. The number of ketones is 1. The zero-order valence-electron chi connectivity index (χ0n) is 13.1. The summed E-state index contributed by atoms with van der Waals surface area (Å²) in [6.07, 6.45) is 0.570. The first kappa shape index (κ1) is 16.6. The second kappa shape index (κ2) is 5.12. The van der Waals surface area contributed by atoms with E-state index in [2.05, 4.69) is 5.10 Å². The molecule has 0 N–H and O–H groups in total. The van der Waals surface area contributed by atoms with Crippen molar-refractivity contribution in [1.82, 2.24) is 9.78 Å². The van der Waals surface area contributed by atoms with Crippen molar-refractivity contribution >= 4 is 5.78 Å². The Kier molecular flexibility index (Phi) is 3.54. The lowest BCUT2D eigenvalue weighted by Crippen LogP contribution is -2.26. The number of fused-ring (bicyclic) bond motifs is 1. The van der Waals surface area contributed by atoms with E-state index in [1.165, 1.54) is 6.92 Å². The number of aromatic nitrogens is 2. The van der Waals surface area contributed by atoms with Crippen molar-refractivity contribution in [3.05, 3.63) is 46.0 Å². The predicted molar refractivity (Wildman–Crippen MR) is 74.5 cm³/mol. The van der Waals surface area contributed by atoms with Gasteiger partial charge in [0, 0.05) is 6.42 Å². The molecule has 1 aromatic heterocycles. The van der Waals surface area contributed by atoms with Crippen LogP contribution in [-0.2, 0) is 6.42 Å². The predicted octanol–water partition coefficient (Wildman–Crippen LogP) is 4.03. The summed E-state index contributed by atoms with van der Waals surface area (Å²) in [5.74, 6) is -10.6. The van der Waals surface area contributed by atoms with Crippen LogP contribution in [0.1, 0.15) is 42.0 Å². The minimum Gasteiger partial charge on any atom is -0.294 e. The summed E-state index contributed by atoms with van der Waals surface area (Å²) >= 11 is 0. The number of carbonyl (C=O) groups excluding carboxylic acids is 1. The molecule has 1 aromatic carbocycles. The van der Waals surface area contributed by atoms with Crippen LogP contribution in [0.15, 0.2) is 0 Å². The van der Waals surface area contributed by atoms with Crippen LogP contribution in [0.5, 0.6) is 0 Å². The van der Waals surface area contributed by atoms with Crippen LogP contribution in [0.25, 0.3) is 5.69 Å². The molecule has 0 amide bonds. The fourth-order valence-corrected chi connectivity index (χ4v) is 3.08. The number of rotatable bonds is 1. The van der Waals surface area contributed by atoms with E-state index in [4.69, 9.17) is 0 Å².